The molecule has 2 aromatic rings. The van der Waals surface area contributed by atoms with Gasteiger partial charge >= 0.3 is 0 Å². The predicted octanol–water partition coefficient (Wildman–Crippen LogP) is 1.42. The van der Waals surface area contributed by atoms with Crippen LogP contribution in [0, 0.1) is 23.7 Å². The van der Waals surface area contributed by atoms with Gasteiger partial charge in [0.1, 0.15) is 12.6 Å². The van der Waals surface area contributed by atoms with Crippen molar-refractivity contribution in [2.45, 2.75) is 37.8 Å². The summed E-state index contributed by atoms with van der Waals surface area (Å²) in [7, 11) is 0. The molecule has 8 heteroatoms. The fourth-order valence-electron chi connectivity index (χ4n) is 5.03. The van der Waals surface area contributed by atoms with Gasteiger partial charge in [-0.05, 0) is 79.6 Å². The fourth-order valence-corrected chi connectivity index (χ4v) is 5.03. The Morgan fingerprint density at radius 2 is 1.64 bits per heavy atom. The maximum atomic E-state index is 12.3. The van der Waals surface area contributed by atoms with Crippen molar-refractivity contribution in [3.8, 4) is 11.8 Å². The van der Waals surface area contributed by atoms with Gasteiger partial charge in [-0.15, -0.1) is 0 Å². The van der Waals surface area contributed by atoms with Gasteiger partial charge in [-0.2, -0.15) is 0 Å². The Labute approximate surface area is 211 Å². The highest BCUT2D eigenvalue weighted by atomic mass is 16.3. The summed E-state index contributed by atoms with van der Waals surface area (Å²) in [5, 5.41) is 17.8. The third-order valence-corrected chi connectivity index (χ3v) is 7.02. The average Bonchev–Trinajstić information content (AvgIpc) is 3.53. The Balaban J connectivity index is 1.26. The summed E-state index contributed by atoms with van der Waals surface area (Å²) in [4.78, 5) is 36.2. The second-order valence-corrected chi connectivity index (χ2v) is 9.50. The molecule has 36 heavy (non-hydrogen) atoms. The Morgan fingerprint density at radius 3 is 2.19 bits per heavy atom. The summed E-state index contributed by atoms with van der Waals surface area (Å²) >= 11 is 0. The lowest BCUT2D eigenvalue weighted by Gasteiger charge is -2.22. The molecule has 0 radical (unpaired) electrons. The van der Waals surface area contributed by atoms with Crippen LogP contribution in [-0.4, -0.2) is 54.5 Å². The largest absolute Gasteiger partial charge is 0.388 e. The number of nitrogens with one attached hydrogen (secondary N) is 3. The van der Waals surface area contributed by atoms with Gasteiger partial charge in [0.25, 0.3) is 5.91 Å². The lowest BCUT2D eigenvalue weighted by atomic mass is 9.95. The van der Waals surface area contributed by atoms with Crippen LogP contribution in [0.15, 0.2) is 48.5 Å². The number of carbonyl (C=O) groups is 3. The molecule has 2 fully saturated rings. The fraction of sp³-hybridized carbons (Fsp3) is 0.393. The number of fused-ring (bicyclic) bond motifs is 2. The molecule has 0 heterocycles. The zero-order chi connectivity index (χ0) is 25.5. The van der Waals surface area contributed by atoms with Crippen LogP contribution in [-0.2, 0) is 9.59 Å². The van der Waals surface area contributed by atoms with E-state index in [0.717, 1.165) is 28.7 Å². The molecule has 2 saturated carbocycles. The molecule has 0 spiro atoms. The van der Waals surface area contributed by atoms with Gasteiger partial charge in [0.05, 0.1) is 6.54 Å². The van der Waals surface area contributed by atoms with Crippen molar-refractivity contribution < 1.29 is 19.5 Å². The zero-order valence-electron chi connectivity index (χ0n) is 20.1. The topological polar surface area (TPSA) is 134 Å². The van der Waals surface area contributed by atoms with Crippen molar-refractivity contribution in [3.63, 3.8) is 0 Å². The van der Waals surface area contributed by atoms with Crippen LogP contribution in [0.4, 0.5) is 5.69 Å². The molecule has 0 saturated heterocycles. The lowest BCUT2D eigenvalue weighted by molar-refractivity contribution is -0.123. The van der Waals surface area contributed by atoms with Crippen molar-refractivity contribution in [2.75, 3.05) is 25.0 Å². The summed E-state index contributed by atoms with van der Waals surface area (Å²) in [5.41, 5.74) is 8.09. The number of nitrogens with two attached hydrogens (primary N) is 1. The maximum absolute atomic E-state index is 12.3. The van der Waals surface area contributed by atoms with E-state index in [4.69, 9.17) is 10.8 Å². The van der Waals surface area contributed by atoms with Crippen LogP contribution in [0.2, 0.25) is 0 Å². The van der Waals surface area contributed by atoms with Crippen LogP contribution < -0.4 is 21.7 Å². The molecule has 188 valence electrons. The van der Waals surface area contributed by atoms with E-state index in [2.05, 4.69) is 27.8 Å². The first-order chi connectivity index (χ1) is 17.4. The number of rotatable bonds is 9. The van der Waals surface area contributed by atoms with E-state index in [9.17, 15) is 14.4 Å². The monoisotopic (exact) mass is 488 g/mol. The summed E-state index contributed by atoms with van der Waals surface area (Å²) < 4.78 is 0. The van der Waals surface area contributed by atoms with E-state index in [1.807, 2.05) is 24.3 Å². The Bertz CT molecular complexity index is 1150. The standard InChI is InChI=1S/C28H32N4O4/c29-15-25(26(34)17-33)32-28(36)21-8-3-18(4-9-21)1-2-19-6-11-23(12-7-19)31-27(35)16-30-24-14-20-5-10-22(24)13-20/h3-4,6-9,11-12,20,22,24-25,30,33H,5,10,13-17,29H2,(H,31,35)(H,32,36)/t20-,22+,24+,25-/m0/s1. The van der Waals surface area contributed by atoms with E-state index < -0.39 is 24.3 Å². The van der Waals surface area contributed by atoms with Crippen molar-refractivity contribution >= 4 is 23.3 Å². The highest BCUT2D eigenvalue weighted by Crippen LogP contribution is 2.44. The highest BCUT2D eigenvalue weighted by Gasteiger charge is 2.39. The molecule has 8 nitrogen and oxygen atoms in total. The van der Waals surface area contributed by atoms with Gasteiger partial charge in [-0.25, -0.2) is 0 Å². The number of ketones is 1. The van der Waals surface area contributed by atoms with Crippen molar-refractivity contribution in [1.29, 1.82) is 0 Å². The average molecular weight is 489 g/mol. The number of Topliss-reactive ketones (excluding diaryl/α,β-unsaturated/α-hetero) is 1. The van der Waals surface area contributed by atoms with Crippen molar-refractivity contribution in [1.82, 2.24) is 10.6 Å². The molecule has 0 aliphatic heterocycles. The first kappa shape index (κ1) is 25.6. The van der Waals surface area contributed by atoms with Crippen molar-refractivity contribution in [2.24, 2.45) is 17.6 Å². The molecule has 0 aromatic heterocycles. The Hall–Kier alpha value is -3.51. The molecule has 4 rings (SSSR count). The van der Waals surface area contributed by atoms with Gasteiger partial charge < -0.3 is 26.8 Å². The van der Waals surface area contributed by atoms with Gasteiger partial charge in [0.15, 0.2) is 5.78 Å². The zero-order valence-corrected chi connectivity index (χ0v) is 20.1. The number of aliphatic hydroxyl groups is 1. The quantitative estimate of drug-likeness (QED) is 0.339. The minimum Gasteiger partial charge on any atom is -0.388 e. The van der Waals surface area contributed by atoms with Gasteiger partial charge in [-0.1, -0.05) is 18.3 Å². The molecule has 2 aromatic carbocycles. The first-order valence-corrected chi connectivity index (χ1v) is 12.3. The SMILES string of the molecule is NC[C@H](NC(=O)c1ccc(C#Cc2ccc(NC(=O)CN[C@@H]3C[C@H]4CC[C@@H]3C4)cc2)cc1)C(=O)CO. The third-order valence-electron chi connectivity index (χ3n) is 7.02. The highest BCUT2D eigenvalue weighted by molar-refractivity contribution is 5.98. The number of anilines is 1. The minimum absolute atomic E-state index is 0.0424. The summed E-state index contributed by atoms with van der Waals surface area (Å²) in [6.07, 6.45) is 5.14. The number of hydrogen-bond donors (Lipinski definition) is 5. The number of carbonyl (C=O) groups excluding carboxylic acids is 3. The van der Waals surface area contributed by atoms with Crippen LogP contribution in [0.1, 0.15) is 47.2 Å². The lowest BCUT2D eigenvalue weighted by Crippen LogP contribution is -2.46. The summed E-state index contributed by atoms with van der Waals surface area (Å²) in [6.45, 7) is -0.439. The molecule has 0 unspecified atom stereocenters. The maximum Gasteiger partial charge on any atom is 0.251 e. The summed E-state index contributed by atoms with van der Waals surface area (Å²) in [5.74, 6) is 6.67. The molecular formula is C28H32N4O4. The predicted molar refractivity (Wildman–Crippen MR) is 137 cm³/mol. The van der Waals surface area contributed by atoms with Crippen molar-refractivity contribution in [3.05, 3.63) is 65.2 Å². The number of aliphatic hydroxyl groups excluding tert-OH is 1. The third kappa shape index (κ3) is 6.58. The number of amides is 2. The van der Waals surface area contributed by atoms with Crippen LogP contribution in [0.5, 0.6) is 0 Å². The minimum atomic E-state index is -0.923. The van der Waals surface area contributed by atoms with E-state index in [1.165, 1.54) is 25.7 Å². The molecule has 2 aliphatic rings. The van der Waals surface area contributed by atoms with Gasteiger partial charge in [-0.3, -0.25) is 14.4 Å². The van der Waals surface area contributed by atoms with E-state index >= 15 is 0 Å². The second-order valence-electron chi connectivity index (χ2n) is 9.50. The molecule has 2 amide bonds. The van der Waals surface area contributed by atoms with E-state index in [0.29, 0.717) is 18.2 Å². The molecule has 2 bridgehead atoms. The van der Waals surface area contributed by atoms with E-state index in [1.54, 1.807) is 24.3 Å². The Morgan fingerprint density at radius 1 is 0.972 bits per heavy atom. The molecule has 6 N–H and O–H groups in total. The molecular weight excluding hydrogens is 456 g/mol. The first-order valence-electron chi connectivity index (χ1n) is 12.3. The normalized spacial score (nSPS) is 20.8. The van der Waals surface area contributed by atoms with Crippen LogP contribution in [0.25, 0.3) is 0 Å². The van der Waals surface area contributed by atoms with E-state index in [-0.39, 0.29) is 12.5 Å². The number of benzene rings is 2. The van der Waals surface area contributed by atoms with Crippen LogP contribution >= 0.6 is 0 Å². The molecule has 2 aliphatic carbocycles. The molecule has 4 atom stereocenters. The second kappa shape index (κ2) is 12.0. The van der Waals surface area contributed by atoms with Gasteiger partial charge in [0, 0.05) is 35.0 Å². The smallest absolute Gasteiger partial charge is 0.251 e. The number of hydrogen-bond acceptors (Lipinski definition) is 6. The van der Waals surface area contributed by atoms with Crippen LogP contribution in [0.3, 0.4) is 0 Å². The summed E-state index contributed by atoms with van der Waals surface area (Å²) in [6, 6.07) is 13.6. The van der Waals surface area contributed by atoms with Gasteiger partial charge in [0.2, 0.25) is 5.91 Å². The Kier molecular flexibility index (Phi) is 8.49.